The Kier molecular flexibility index (Phi) is 7.27. The van der Waals surface area contributed by atoms with Crippen molar-refractivity contribution < 1.29 is 9.53 Å². The van der Waals surface area contributed by atoms with E-state index >= 15 is 0 Å². The average Bonchev–Trinajstić information content (AvgIpc) is 2.84. The van der Waals surface area contributed by atoms with Crippen molar-refractivity contribution in [3.05, 3.63) is 72.1 Å². The normalized spacial score (nSPS) is 15.9. The number of amides is 1. The molecule has 1 fully saturated rings. The van der Waals surface area contributed by atoms with Crippen LogP contribution in [0.3, 0.4) is 0 Å². The Morgan fingerprint density at radius 1 is 1.12 bits per heavy atom. The fraction of sp³-hybridized carbons (Fsp3) is 0.320. The number of nitrogens with one attached hydrogen (secondary N) is 1. The Labute approximate surface area is 193 Å². The van der Waals surface area contributed by atoms with Crippen LogP contribution in [0.4, 0.5) is 5.82 Å². The molecule has 0 aliphatic carbocycles. The zero-order valence-corrected chi connectivity index (χ0v) is 19.3. The molecule has 0 spiro atoms. The maximum Gasteiger partial charge on any atom is 0.225 e. The average molecular weight is 449 g/mol. The Bertz CT molecular complexity index is 1040. The molecule has 2 heterocycles. The highest BCUT2D eigenvalue weighted by molar-refractivity contribution is 7.99. The van der Waals surface area contributed by atoms with E-state index in [1.807, 2.05) is 24.3 Å². The van der Waals surface area contributed by atoms with Crippen LogP contribution in [-0.2, 0) is 11.3 Å². The minimum atomic E-state index is -0.0683. The summed E-state index contributed by atoms with van der Waals surface area (Å²) in [6.07, 6.45) is 5.28. The minimum Gasteiger partial charge on any atom is -0.497 e. The van der Waals surface area contributed by atoms with Crippen LogP contribution in [0.5, 0.6) is 5.75 Å². The number of carbonyl (C=O) groups excluding carboxylic acids is 1. The number of methoxy groups -OCH3 is 1. The Balaban J connectivity index is 1.40. The summed E-state index contributed by atoms with van der Waals surface area (Å²) in [7, 11) is 1.65. The smallest absolute Gasteiger partial charge is 0.225 e. The van der Waals surface area contributed by atoms with Gasteiger partial charge in [0, 0.05) is 36.9 Å². The van der Waals surface area contributed by atoms with Crippen LogP contribution < -0.4 is 15.0 Å². The van der Waals surface area contributed by atoms with Crippen LogP contribution in [0.15, 0.2) is 70.8 Å². The summed E-state index contributed by atoms with van der Waals surface area (Å²) in [5.41, 5.74) is 2.28. The SMILES string of the molecule is COc1ccc(CNC(=O)C2CCCN(c3nccnc3Sc3ccc(C)cc3)C2)cc1. The predicted molar refractivity (Wildman–Crippen MR) is 127 cm³/mol. The summed E-state index contributed by atoms with van der Waals surface area (Å²) in [6, 6.07) is 16.2. The summed E-state index contributed by atoms with van der Waals surface area (Å²) in [5, 5.41) is 3.96. The van der Waals surface area contributed by atoms with Gasteiger partial charge in [0.1, 0.15) is 10.8 Å². The fourth-order valence-electron chi connectivity index (χ4n) is 3.79. The minimum absolute atomic E-state index is 0.0683. The molecule has 2 aromatic carbocycles. The van der Waals surface area contributed by atoms with E-state index in [4.69, 9.17) is 4.74 Å². The number of benzene rings is 2. The first-order chi connectivity index (χ1) is 15.6. The Morgan fingerprint density at radius 3 is 2.62 bits per heavy atom. The Hall–Kier alpha value is -3.06. The van der Waals surface area contributed by atoms with Crippen molar-refractivity contribution in [3.63, 3.8) is 0 Å². The molecule has 1 aliphatic heterocycles. The van der Waals surface area contributed by atoms with E-state index in [0.29, 0.717) is 13.1 Å². The standard InChI is InChI=1S/C25H28N4O2S/c1-18-5-11-22(12-6-18)32-25-23(26-13-14-27-25)29-15-3-4-20(17-29)24(30)28-16-19-7-9-21(31-2)10-8-19/h5-14,20H,3-4,15-17H2,1-2H3,(H,28,30). The van der Waals surface area contributed by atoms with Gasteiger partial charge in [-0.1, -0.05) is 41.6 Å². The van der Waals surface area contributed by atoms with E-state index in [0.717, 1.165) is 46.4 Å². The van der Waals surface area contributed by atoms with Crippen LogP contribution in [0.25, 0.3) is 0 Å². The highest BCUT2D eigenvalue weighted by Crippen LogP contribution is 2.34. The summed E-state index contributed by atoms with van der Waals surface area (Å²) >= 11 is 1.61. The lowest BCUT2D eigenvalue weighted by Crippen LogP contribution is -2.43. The highest BCUT2D eigenvalue weighted by atomic mass is 32.2. The molecule has 0 radical (unpaired) electrons. The van der Waals surface area contributed by atoms with Crippen molar-refractivity contribution >= 4 is 23.5 Å². The molecular formula is C25H28N4O2S. The molecule has 1 unspecified atom stereocenters. The van der Waals surface area contributed by atoms with E-state index < -0.39 is 0 Å². The number of aromatic nitrogens is 2. The van der Waals surface area contributed by atoms with Crippen molar-refractivity contribution in [2.75, 3.05) is 25.1 Å². The van der Waals surface area contributed by atoms with Gasteiger partial charge in [-0.25, -0.2) is 9.97 Å². The second kappa shape index (κ2) is 10.5. The lowest BCUT2D eigenvalue weighted by Gasteiger charge is -2.33. The maximum absolute atomic E-state index is 12.9. The third-order valence-electron chi connectivity index (χ3n) is 5.60. The summed E-state index contributed by atoms with van der Waals surface area (Å²) in [5.74, 6) is 1.68. The Morgan fingerprint density at radius 2 is 1.88 bits per heavy atom. The topological polar surface area (TPSA) is 67.3 Å². The number of aryl methyl sites for hydroxylation is 1. The van der Waals surface area contributed by atoms with Crippen molar-refractivity contribution in [2.45, 2.75) is 36.2 Å². The van der Waals surface area contributed by atoms with Gasteiger partial charge in [-0.3, -0.25) is 4.79 Å². The molecule has 166 valence electrons. The number of rotatable bonds is 7. The van der Waals surface area contributed by atoms with Gasteiger partial charge in [0.2, 0.25) is 5.91 Å². The third kappa shape index (κ3) is 5.59. The first-order valence-electron chi connectivity index (χ1n) is 10.8. The van der Waals surface area contributed by atoms with E-state index in [1.165, 1.54) is 5.56 Å². The molecule has 0 bridgehead atoms. The molecule has 1 aliphatic rings. The van der Waals surface area contributed by atoms with Gasteiger partial charge < -0.3 is 15.0 Å². The van der Waals surface area contributed by atoms with Gasteiger partial charge in [0.15, 0.2) is 5.82 Å². The molecule has 0 saturated carbocycles. The molecule has 1 N–H and O–H groups in total. The number of hydrogen-bond donors (Lipinski definition) is 1. The van der Waals surface area contributed by atoms with E-state index in [2.05, 4.69) is 51.4 Å². The number of nitrogens with zero attached hydrogens (tertiary/aromatic N) is 3. The van der Waals surface area contributed by atoms with Crippen LogP contribution >= 0.6 is 11.8 Å². The second-order valence-electron chi connectivity index (χ2n) is 7.95. The zero-order valence-electron chi connectivity index (χ0n) is 18.5. The molecule has 1 saturated heterocycles. The fourth-order valence-corrected chi connectivity index (χ4v) is 4.67. The molecule has 3 aromatic rings. The summed E-state index contributed by atoms with van der Waals surface area (Å²) in [6.45, 7) is 4.12. The molecule has 1 atom stereocenters. The van der Waals surface area contributed by atoms with Gasteiger partial charge in [0.05, 0.1) is 13.0 Å². The van der Waals surface area contributed by atoms with Crippen LogP contribution in [0.1, 0.15) is 24.0 Å². The van der Waals surface area contributed by atoms with Crippen molar-refractivity contribution in [1.82, 2.24) is 15.3 Å². The molecule has 1 amide bonds. The number of ether oxygens (including phenoxy) is 1. The summed E-state index contributed by atoms with van der Waals surface area (Å²) < 4.78 is 5.19. The van der Waals surface area contributed by atoms with Gasteiger partial charge in [-0.2, -0.15) is 0 Å². The van der Waals surface area contributed by atoms with Gasteiger partial charge in [-0.15, -0.1) is 0 Å². The number of anilines is 1. The number of carbonyl (C=O) groups is 1. The molecule has 4 rings (SSSR count). The molecule has 32 heavy (non-hydrogen) atoms. The third-order valence-corrected chi connectivity index (χ3v) is 6.59. The number of hydrogen-bond acceptors (Lipinski definition) is 6. The molecule has 7 heteroatoms. The van der Waals surface area contributed by atoms with Crippen molar-refractivity contribution in [3.8, 4) is 5.75 Å². The van der Waals surface area contributed by atoms with E-state index in [1.54, 1.807) is 31.3 Å². The monoisotopic (exact) mass is 448 g/mol. The highest BCUT2D eigenvalue weighted by Gasteiger charge is 2.28. The van der Waals surface area contributed by atoms with Crippen LogP contribution in [-0.4, -0.2) is 36.1 Å². The van der Waals surface area contributed by atoms with Gasteiger partial charge in [0.25, 0.3) is 0 Å². The van der Waals surface area contributed by atoms with Gasteiger partial charge >= 0.3 is 0 Å². The summed E-state index contributed by atoms with van der Waals surface area (Å²) in [4.78, 5) is 25.4. The molecule has 6 nitrogen and oxygen atoms in total. The number of piperidine rings is 1. The quantitative estimate of drug-likeness (QED) is 0.575. The molecular weight excluding hydrogens is 420 g/mol. The molecule has 1 aromatic heterocycles. The van der Waals surface area contributed by atoms with Crippen LogP contribution in [0.2, 0.25) is 0 Å². The van der Waals surface area contributed by atoms with Gasteiger partial charge in [-0.05, 0) is 49.6 Å². The predicted octanol–water partition coefficient (Wildman–Crippen LogP) is 4.48. The maximum atomic E-state index is 12.9. The lowest BCUT2D eigenvalue weighted by molar-refractivity contribution is -0.125. The second-order valence-corrected chi connectivity index (χ2v) is 9.01. The van der Waals surface area contributed by atoms with Crippen LogP contribution in [0, 0.1) is 12.8 Å². The first kappa shape index (κ1) is 22.1. The first-order valence-corrected chi connectivity index (χ1v) is 11.6. The largest absolute Gasteiger partial charge is 0.497 e. The van der Waals surface area contributed by atoms with Crippen molar-refractivity contribution in [2.24, 2.45) is 5.92 Å². The van der Waals surface area contributed by atoms with E-state index in [-0.39, 0.29) is 11.8 Å². The lowest BCUT2D eigenvalue weighted by atomic mass is 9.97. The zero-order chi connectivity index (χ0) is 22.3. The van der Waals surface area contributed by atoms with Crippen molar-refractivity contribution in [1.29, 1.82) is 0 Å². The van der Waals surface area contributed by atoms with E-state index in [9.17, 15) is 4.79 Å².